The summed E-state index contributed by atoms with van der Waals surface area (Å²) in [7, 11) is 3.28. The quantitative estimate of drug-likeness (QED) is 0.760. The Morgan fingerprint density at radius 3 is 2.46 bits per heavy atom. The molecule has 1 amide bonds. The number of tetrazole rings is 1. The van der Waals surface area contributed by atoms with E-state index in [9.17, 15) is 18.0 Å². The number of carbonyl (C=O) groups excluding carboxylic acids is 1. The first kappa shape index (κ1) is 18.0. The van der Waals surface area contributed by atoms with Gasteiger partial charge in [0.1, 0.15) is 5.75 Å². The number of hydrogen-bond acceptors (Lipinski definition) is 6. The molecule has 0 saturated carbocycles. The fourth-order valence-corrected chi connectivity index (χ4v) is 2.73. The summed E-state index contributed by atoms with van der Waals surface area (Å²) in [5, 5.41) is 11.1. The van der Waals surface area contributed by atoms with Crippen molar-refractivity contribution in [2.45, 2.75) is 23.7 Å². The van der Waals surface area contributed by atoms with Crippen molar-refractivity contribution >= 4 is 17.7 Å². The van der Waals surface area contributed by atoms with Crippen LogP contribution in [0, 0.1) is 0 Å². The molecule has 0 bridgehead atoms. The normalized spacial score (nSPS) is 12.8. The Balaban J connectivity index is 2.16. The maximum absolute atomic E-state index is 12.2. The molecule has 0 unspecified atom stereocenters. The number of alkyl halides is 3. The first-order chi connectivity index (χ1) is 11.2. The number of amides is 1. The number of halogens is 3. The van der Waals surface area contributed by atoms with E-state index in [1.807, 2.05) is 0 Å². The van der Waals surface area contributed by atoms with Gasteiger partial charge in [-0.15, -0.1) is 18.3 Å². The first-order valence-corrected chi connectivity index (χ1v) is 7.58. The highest BCUT2D eigenvalue weighted by Crippen LogP contribution is 2.26. The molecule has 2 rings (SSSR count). The molecule has 130 valence electrons. The van der Waals surface area contributed by atoms with Gasteiger partial charge >= 0.3 is 6.36 Å². The summed E-state index contributed by atoms with van der Waals surface area (Å²) in [6.07, 6.45) is -4.75. The minimum absolute atomic E-state index is 0.108. The Kier molecular flexibility index (Phi) is 5.32. The Hall–Kier alpha value is -2.30. The summed E-state index contributed by atoms with van der Waals surface area (Å²) in [5.41, 5.74) is 0.446. The number of carbonyl (C=O) groups is 1. The lowest BCUT2D eigenvalue weighted by Gasteiger charge is -2.15. The second kappa shape index (κ2) is 7.07. The molecule has 0 aliphatic carbocycles. The summed E-state index contributed by atoms with van der Waals surface area (Å²) < 4.78 is 41.6. The van der Waals surface area contributed by atoms with E-state index < -0.39 is 11.6 Å². The molecule has 0 radical (unpaired) electrons. The van der Waals surface area contributed by atoms with E-state index in [2.05, 4.69) is 20.3 Å². The fourth-order valence-electron chi connectivity index (χ4n) is 1.78. The predicted molar refractivity (Wildman–Crippen MR) is 79.9 cm³/mol. The monoisotopic (exact) mass is 361 g/mol. The van der Waals surface area contributed by atoms with Gasteiger partial charge in [0.05, 0.1) is 10.9 Å². The van der Waals surface area contributed by atoms with Crippen LogP contribution in [-0.2, 0) is 4.79 Å². The van der Waals surface area contributed by atoms with Gasteiger partial charge in [-0.1, -0.05) is 11.8 Å². The highest BCUT2D eigenvalue weighted by atomic mass is 32.2. The average Bonchev–Trinajstić information content (AvgIpc) is 2.93. The van der Waals surface area contributed by atoms with Crippen molar-refractivity contribution in [1.29, 1.82) is 0 Å². The first-order valence-electron chi connectivity index (χ1n) is 6.70. The number of nitrogens with zero attached hydrogens (tertiary/aromatic N) is 5. The SMILES string of the molecule is C[C@@H](Sc1nnnn1-c1ccc(OC(F)(F)F)cc1)C(=O)N(C)C. The topological polar surface area (TPSA) is 73.1 Å². The molecule has 24 heavy (non-hydrogen) atoms. The summed E-state index contributed by atoms with van der Waals surface area (Å²) >= 11 is 1.15. The standard InChI is InChI=1S/C13H14F3N5O2S/c1-8(11(22)20(2)3)24-12-17-18-19-21(12)9-4-6-10(7-5-9)23-13(14,15)16/h4-8H,1-3H3/t8-/m1/s1. The van der Waals surface area contributed by atoms with Gasteiger partial charge < -0.3 is 9.64 Å². The van der Waals surface area contributed by atoms with Crippen LogP contribution in [0.15, 0.2) is 29.4 Å². The molecule has 1 atom stereocenters. The van der Waals surface area contributed by atoms with Gasteiger partial charge in [0, 0.05) is 14.1 Å². The van der Waals surface area contributed by atoms with E-state index in [0.29, 0.717) is 10.8 Å². The molecule has 1 aromatic heterocycles. The Bertz CT molecular complexity index is 702. The van der Waals surface area contributed by atoms with Crippen molar-refractivity contribution in [3.05, 3.63) is 24.3 Å². The maximum Gasteiger partial charge on any atom is 0.573 e. The molecule has 0 spiro atoms. The van der Waals surface area contributed by atoms with Crippen LogP contribution in [0.1, 0.15) is 6.92 Å². The molecule has 7 nitrogen and oxygen atoms in total. The van der Waals surface area contributed by atoms with Crippen molar-refractivity contribution in [2.24, 2.45) is 0 Å². The van der Waals surface area contributed by atoms with Gasteiger partial charge in [0.15, 0.2) is 0 Å². The van der Waals surface area contributed by atoms with Crippen LogP contribution in [0.3, 0.4) is 0 Å². The van der Waals surface area contributed by atoms with Gasteiger partial charge in [-0.2, -0.15) is 4.68 Å². The Labute approximate surface area is 139 Å². The second-order valence-corrected chi connectivity index (χ2v) is 6.22. The summed E-state index contributed by atoms with van der Waals surface area (Å²) in [6, 6.07) is 5.10. The van der Waals surface area contributed by atoms with E-state index in [-0.39, 0.29) is 11.7 Å². The Morgan fingerprint density at radius 1 is 1.29 bits per heavy atom. The van der Waals surface area contributed by atoms with Crippen LogP contribution in [0.5, 0.6) is 5.75 Å². The van der Waals surface area contributed by atoms with E-state index in [1.54, 1.807) is 21.0 Å². The highest BCUT2D eigenvalue weighted by Gasteiger charge is 2.31. The predicted octanol–water partition coefficient (Wildman–Crippen LogP) is 2.13. The summed E-state index contributed by atoms with van der Waals surface area (Å²) in [6.45, 7) is 1.71. The van der Waals surface area contributed by atoms with E-state index in [4.69, 9.17) is 0 Å². The van der Waals surface area contributed by atoms with Crippen LogP contribution in [0.2, 0.25) is 0 Å². The van der Waals surface area contributed by atoms with E-state index in [1.165, 1.54) is 21.7 Å². The van der Waals surface area contributed by atoms with Gasteiger partial charge in [-0.3, -0.25) is 4.79 Å². The van der Waals surface area contributed by atoms with Crippen molar-refractivity contribution in [2.75, 3.05) is 14.1 Å². The zero-order chi connectivity index (χ0) is 17.9. The van der Waals surface area contributed by atoms with Gasteiger partial charge in [-0.25, -0.2) is 0 Å². The number of benzene rings is 1. The van der Waals surface area contributed by atoms with Crippen molar-refractivity contribution in [3.63, 3.8) is 0 Å². The zero-order valence-corrected chi connectivity index (χ0v) is 13.8. The number of aromatic nitrogens is 4. The van der Waals surface area contributed by atoms with Crippen LogP contribution in [0.25, 0.3) is 5.69 Å². The lowest BCUT2D eigenvalue weighted by molar-refractivity contribution is -0.274. The van der Waals surface area contributed by atoms with Gasteiger partial charge in [0.2, 0.25) is 11.1 Å². The number of hydrogen-bond donors (Lipinski definition) is 0. The molecule has 0 fully saturated rings. The van der Waals surface area contributed by atoms with Crippen molar-refractivity contribution in [3.8, 4) is 11.4 Å². The smallest absolute Gasteiger partial charge is 0.406 e. The van der Waals surface area contributed by atoms with E-state index in [0.717, 1.165) is 23.9 Å². The number of rotatable bonds is 5. The van der Waals surface area contributed by atoms with Crippen molar-refractivity contribution in [1.82, 2.24) is 25.1 Å². The number of ether oxygens (including phenoxy) is 1. The largest absolute Gasteiger partial charge is 0.573 e. The second-order valence-electron chi connectivity index (χ2n) is 4.91. The lowest BCUT2D eigenvalue weighted by Crippen LogP contribution is -2.29. The molecule has 0 saturated heterocycles. The molecule has 1 aromatic carbocycles. The van der Waals surface area contributed by atoms with Crippen LogP contribution < -0.4 is 4.74 Å². The van der Waals surface area contributed by atoms with Crippen LogP contribution >= 0.6 is 11.8 Å². The molecule has 0 N–H and O–H groups in total. The Morgan fingerprint density at radius 2 is 1.92 bits per heavy atom. The zero-order valence-electron chi connectivity index (χ0n) is 13.0. The number of thioether (sulfide) groups is 1. The van der Waals surface area contributed by atoms with Crippen LogP contribution in [0.4, 0.5) is 13.2 Å². The molecular formula is C13H14F3N5O2S. The third-order valence-corrected chi connectivity index (χ3v) is 3.85. The molecule has 1 heterocycles. The van der Waals surface area contributed by atoms with Gasteiger partial charge in [-0.05, 0) is 41.6 Å². The lowest BCUT2D eigenvalue weighted by atomic mass is 10.3. The average molecular weight is 361 g/mol. The minimum Gasteiger partial charge on any atom is -0.406 e. The molecule has 0 aliphatic rings. The molecular weight excluding hydrogens is 347 g/mol. The maximum atomic E-state index is 12.2. The minimum atomic E-state index is -4.75. The summed E-state index contributed by atoms with van der Waals surface area (Å²) in [5.74, 6) is -0.451. The third-order valence-electron chi connectivity index (χ3n) is 2.83. The van der Waals surface area contributed by atoms with Gasteiger partial charge in [0.25, 0.3) is 0 Å². The van der Waals surface area contributed by atoms with E-state index >= 15 is 0 Å². The molecule has 0 aliphatic heterocycles. The molecule has 2 aromatic rings. The third kappa shape index (κ3) is 4.60. The highest BCUT2D eigenvalue weighted by molar-refractivity contribution is 8.00. The summed E-state index contributed by atoms with van der Waals surface area (Å²) in [4.78, 5) is 13.4. The fraction of sp³-hybridized carbons (Fsp3) is 0.385. The van der Waals surface area contributed by atoms with Crippen molar-refractivity contribution < 1.29 is 22.7 Å². The van der Waals surface area contributed by atoms with Crippen LogP contribution in [-0.4, -0.2) is 56.7 Å². The molecule has 11 heteroatoms.